The van der Waals surface area contributed by atoms with Crippen molar-refractivity contribution in [3.05, 3.63) is 114 Å². The van der Waals surface area contributed by atoms with Crippen LogP contribution in [-0.2, 0) is 102 Å². The van der Waals surface area contributed by atoms with E-state index in [4.69, 9.17) is 28.4 Å². The van der Waals surface area contributed by atoms with E-state index < -0.39 is 254 Å². The van der Waals surface area contributed by atoms with Crippen molar-refractivity contribution in [2.24, 2.45) is 17.8 Å². The Kier molecular flexibility index (Phi) is 39.2. The largest absolute Gasteiger partial charge is 0.486 e. The third kappa shape index (κ3) is 28.7. The molecule has 0 saturated carbocycles. The number of carbonyl (C=O) groups is 18. The number of nitrogens with zero attached hydrogens (tertiary/aromatic N) is 9. The smallest absolute Gasteiger partial charge is 0.335 e. The minimum absolute atomic E-state index is 0.00337. The lowest BCUT2D eigenvalue weighted by Crippen LogP contribution is -2.61. The van der Waals surface area contributed by atoms with Gasteiger partial charge in [-0.1, -0.05) is 90.1 Å². The summed E-state index contributed by atoms with van der Waals surface area (Å²) in [5.41, 5.74) is 0.350. The maximum absolute atomic E-state index is 15.5. The van der Waals surface area contributed by atoms with Gasteiger partial charge in [0.15, 0.2) is 29.0 Å². The molecule has 0 bridgehead atoms. The monoisotopic (exact) mass is 1950 g/mol. The van der Waals surface area contributed by atoms with Gasteiger partial charge in [-0.25, -0.2) is 14.8 Å². The summed E-state index contributed by atoms with van der Waals surface area (Å²) < 4.78 is 34.1. The maximum atomic E-state index is 15.5. The molecule has 0 radical (unpaired) electrons. The molecule has 13 atom stereocenters. The number of carbonyl (C=O) groups excluding carboxylic acids is 17. The van der Waals surface area contributed by atoms with Gasteiger partial charge >= 0.3 is 5.97 Å². The van der Waals surface area contributed by atoms with E-state index >= 15 is 14.4 Å². The first-order valence-electron chi connectivity index (χ1n) is 46.2. The number of aliphatic hydroxyl groups excluding tert-OH is 3. The normalized spacial score (nSPS) is 22.9. The van der Waals surface area contributed by atoms with Crippen LogP contribution in [0.3, 0.4) is 0 Å². The Hall–Kier alpha value is -13.8. The maximum Gasteiger partial charge on any atom is 0.335 e. The number of likely N-dealkylation sites (N-methyl/N-ethyl adjacent to an activating group) is 4. The van der Waals surface area contributed by atoms with Gasteiger partial charge in [0.25, 0.3) is 23.6 Å². The molecule has 5 aromatic rings. The lowest BCUT2D eigenvalue weighted by atomic mass is 9.99. The number of pyridine rings is 2. The van der Waals surface area contributed by atoms with E-state index in [1.807, 2.05) is 0 Å². The Labute approximate surface area is 806 Å². The molecule has 4 fully saturated rings. The summed E-state index contributed by atoms with van der Waals surface area (Å²) in [6.07, 6.45) is -6.87. The van der Waals surface area contributed by atoms with Gasteiger partial charge in [0.2, 0.25) is 83.1 Å². The van der Waals surface area contributed by atoms with Crippen molar-refractivity contribution in [3.8, 4) is 11.5 Å². The van der Waals surface area contributed by atoms with E-state index in [9.17, 15) is 92.3 Å². The molecule has 2 aromatic heterocycles. The fraction of sp³-hybridized carbons (Fsp3) is 0.532. The summed E-state index contributed by atoms with van der Waals surface area (Å²) in [6, 6.07) is 11.1. The van der Waals surface area contributed by atoms with E-state index in [1.165, 1.54) is 64.3 Å². The molecule has 7 heterocycles. The zero-order valence-corrected chi connectivity index (χ0v) is 79.9. The van der Waals surface area contributed by atoms with Crippen molar-refractivity contribution in [2.75, 3.05) is 132 Å². The Morgan fingerprint density at radius 3 is 1.46 bits per heavy atom. The van der Waals surface area contributed by atoms with Crippen LogP contribution in [-0.4, -0.2) is 377 Å². The zero-order chi connectivity index (χ0) is 102. The Morgan fingerprint density at radius 1 is 0.521 bits per heavy atom. The number of carboxylic acid groups (broad SMARTS) is 1. The Morgan fingerprint density at radius 2 is 0.986 bits per heavy atom. The predicted octanol–water partition coefficient (Wildman–Crippen LogP) is -2.40. The van der Waals surface area contributed by atoms with Gasteiger partial charge in [-0.05, 0) is 105 Å². The van der Waals surface area contributed by atoms with E-state index in [0.29, 0.717) is 53.2 Å². The first-order chi connectivity index (χ1) is 66.6. The van der Waals surface area contributed by atoms with Crippen molar-refractivity contribution in [3.63, 3.8) is 0 Å². The van der Waals surface area contributed by atoms with Crippen molar-refractivity contribution < 1.29 is 135 Å². The third-order valence-electron chi connectivity index (χ3n) is 24.3. The highest BCUT2D eigenvalue weighted by atomic mass is 16.7. The molecular weight excluding hydrogens is 1830 g/mol. The highest BCUT2D eigenvalue weighted by Gasteiger charge is 2.50. The fourth-order valence-electron chi connectivity index (χ4n) is 16.4. The van der Waals surface area contributed by atoms with Crippen LogP contribution in [0.1, 0.15) is 120 Å². The van der Waals surface area contributed by atoms with Crippen molar-refractivity contribution in [1.29, 1.82) is 0 Å². The van der Waals surface area contributed by atoms with Gasteiger partial charge in [-0.3, -0.25) is 86.4 Å². The zero-order valence-electron chi connectivity index (χ0n) is 79.9. The van der Waals surface area contributed by atoms with Gasteiger partial charge < -0.3 is 126 Å². The summed E-state index contributed by atoms with van der Waals surface area (Å²) in [6.45, 7) is 7.67. The molecule has 4 saturated heterocycles. The second-order valence-corrected chi connectivity index (χ2v) is 35.6. The first kappa shape index (κ1) is 108. The summed E-state index contributed by atoms with van der Waals surface area (Å²) >= 11 is 0. The van der Waals surface area contributed by atoms with Crippen molar-refractivity contribution in [1.82, 2.24) is 86.8 Å². The van der Waals surface area contributed by atoms with Gasteiger partial charge in [-0.15, -0.1) is 0 Å². The molecule has 0 spiro atoms. The molecule has 5 aliphatic rings. The molecular formula is C94H124N18O28. The fourth-order valence-corrected chi connectivity index (χ4v) is 16.4. The summed E-state index contributed by atoms with van der Waals surface area (Å²) in [4.78, 5) is 269. The number of fused-ring (bicyclic) bond motifs is 4. The molecule has 5 aliphatic heterocycles. The SMILES string of the molecule is CC(C)[C@H](NC(=O)CCOCCOCCOCCN1C(=O)C=CC1=O)C(=O)N[C@@H](C)C(=O)Nc1ccc(COc2cc3ccccc3nc2C(=O)N[C@@H]2CNC(=O)[C@H](C(C)C)N(C)C(=O)CN(C)C(=O)CNC(=O)[C@@H]3CCCCN3C(=O)[C@H](NC(=O)c3nc4ccccc4cc3O[C@@H]3O[C@H](C(=O)O)[C@@H](O)[C@H](O)[C@H]3O)CNC(=O)[C@H](C(C)C)N(C)C(=O)CN(C)C(=O)CNC(=O)[C@@H]3CCCCN3C2=O)cc1. The number of anilines is 1. The number of nitrogens with one attached hydrogen (secondary N) is 9. The molecule has 10 rings (SSSR count). The number of benzene rings is 3. The summed E-state index contributed by atoms with van der Waals surface area (Å²) in [7, 11) is 5.09. The predicted molar refractivity (Wildman–Crippen MR) is 496 cm³/mol. The number of ether oxygens (including phenoxy) is 6. The molecule has 0 aliphatic carbocycles. The number of hydrogen-bond acceptors (Lipinski definition) is 29. The average Bonchev–Trinajstić information content (AvgIpc) is 0.872. The topological polar surface area (TPSA) is 600 Å². The first-order valence-corrected chi connectivity index (χ1v) is 46.2. The number of carboxylic acids is 1. The second-order valence-electron chi connectivity index (χ2n) is 35.6. The van der Waals surface area contributed by atoms with Gasteiger partial charge in [0.1, 0.15) is 73.3 Å². The van der Waals surface area contributed by atoms with Crippen LogP contribution in [0.15, 0.2) is 97.1 Å². The Bertz CT molecular complexity index is 5390. The van der Waals surface area contributed by atoms with Crippen LogP contribution in [0, 0.1) is 17.8 Å². The third-order valence-corrected chi connectivity index (χ3v) is 24.3. The quantitative estimate of drug-likeness (QED) is 0.0168. The lowest BCUT2D eigenvalue weighted by Gasteiger charge is -2.38. The number of hydrogen-bond donors (Lipinski definition) is 13. The van der Waals surface area contributed by atoms with Gasteiger partial charge in [0.05, 0.1) is 83.4 Å². The summed E-state index contributed by atoms with van der Waals surface area (Å²) in [5, 5.41) is 66.8. The van der Waals surface area contributed by atoms with Gasteiger partial charge in [-0.2, -0.15) is 0 Å². The van der Waals surface area contributed by atoms with Crippen molar-refractivity contribution in [2.45, 2.75) is 179 Å². The molecule has 758 valence electrons. The highest BCUT2D eigenvalue weighted by Crippen LogP contribution is 2.32. The average molecular weight is 1950 g/mol. The standard InChI is InChI=1S/C94H124N18O28/c1-51(2)74(105-67(113)32-36-135-38-40-137-41-39-136-37-35-112-68(114)30-31-69(112)115)86(126)99-54(7)83(123)100-58-28-26-55(27-29-58)50-138-65-42-56-20-12-14-22-59(56)101-75(65)87(127)103-61-44-95-89(129)77(52(3)4)108(10)72(118)48-106(8)71(117)47-98-85(125)64-25-17-19-34-111(64)92(132)62(104-88(128)76-66(43-57-21-13-15-23-60(57)102-76)139-94-81(122)79(120)80(121)82(140-94)93(133)134)45-96-90(130)78(53(5)6)109(11)73(119)49-107(9)70(116)46-97-84(124)63-24-16-18-33-110(63)91(61)131/h12-15,20-23,26-31,42-43,51-54,61-64,74,77-82,94,120-122H,16-19,24-25,32-41,44-50H2,1-11H3,(H,95,129)(H,96,130)(H,97,124)(H,98,125)(H,99,126)(H,100,123)(H,103,127)(H,104,128)(H,105,113)(H,133,134)/t54-,61+,62+,63-,64-,74-,77-,78-,79-,80-,81+,82-,94+/m0/s1. The molecule has 140 heavy (non-hydrogen) atoms. The number of piperidine rings is 2. The number of imide groups is 1. The van der Waals surface area contributed by atoms with Crippen LogP contribution >= 0.6 is 0 Å². The van der Waals surface area contributed by atoms with Crippen LogP contribution in [0.25, 0.3) is 21.8 Å². The van der Waals surface area contributed by atoms with E-state index in [1.54, 1.807) is 114 Å². The van der Waals surface area contributed by atoms with Crippen molar-refractivity contribution >= 4 is 134 Å². The minimum Gasteiger partial charge on any atom is -0.486 e. The van der Waals surface area contributed by atoms with E-state index in [-0.39, 0.29) is 102 Å². The number of para-hydroxylation sites is 2. The molecule has 46 nitrogen and oxygen atoms in total. The van der Waals surface area contributed by atoms with Crippen LogP contribution < -0.4 is 57.3 Å². The van der Waals surface area contributed by atoms with Gasteiger partial charge in [0, 0.05) is 89.4 Å². The minimum atomic E-state index is -2.14. The summed E-state index contributed by atoms with van der Waals surface area (Å²) in [5.74, 6) is -17.3. The highest BCUT2D eigenvalue weighted by molar-refractivity contribution is 6.13. The second kappa shape index (κ2) is 50.7. The molecule has 46 heteroatoms. The van der Waals surface area contributed by atoms with E-state index in [0.717, 1.165) is 29.4 Å². The number of rotatable bonds is 30. The lowest BCUT2D eigenvalue weighted by molar-refractivity contribution is -0.271. The number of aliphatic carboxylic acids is 1. The van der Waals surface area contributed by atoms with Crippen LogP contribution in [0.2, 0.25) is 0 Å². The molecule has 3 aromatic carbocycles. The number of amides is 17. The van der Waals surface area contributed by atoms with Crippen LogP contribution in [0.4, 0.5) is 5.69 Å². The molecule has 0 unspecified atom stereocenters. The number of aliphatic hydroxyl groups is 3. The Balaban J connectivity index is 0.828. The van der Waals surface area contributed by atoms with Crippen LogP contribution in [0.5, 0.6) is 11.5 Å². The van der Waals surface area contributed by atoms with E-state index in [2.05, 4.69) is 57.8 Å². The number of aromatic nitrogens is 2. The molecule has 13 N–H and O–H groups in total. The molecule has 17 amide bonds.